The maximum absolute atomic E-state index is 12.0. The summed E-state index contributed by atoms with van der Waals surface area (Å²) in [5, 5.41) is 0. The molecule has 1 atom stereocenters. The van der Waals surface area contributed by atoms with Crippen LogP contribution in [0.3, 0.4) is 0 Å². The Bertz CT molecular complexity index is 222. The molecule has 3 nitrogen and oxygen atoms in total. The summed E-state index contributed by atoms with van der Waals surface area (Å²) >= 11 is 0. The molecule has 1 aliphatic rings. The zero-order chi connectivity index (χ0) is 12.1. The predicted molar refractivity (Wildman–Crippen MR) is 67.4 cm³/mol. The van der Waals surface area contributed by atoms with Crippen LogP contribution in [0.15, 0.2) is 0 Å². The van der Waals surface area contributed by atoms with E-state index in [9.17, 15) is 4.79 Å². The first-order valence-electron chi connectivity index (χ1n) is 6.59. The minimum atomic E-state index is 0.175. The molecule has 0 saturated carbocycles. The average Bonchev–Trinajstić information content (AvgIpc) is 2.36. The summed E-state index contributed by atoms with van der Waals surface area (Å²) in [4.78, 5) is 16.5. The van der Waals surface area contributed by atoms with Crippen molar-refractivity contribution in [3.8, 4) is 0 Å². The fourth-order valence-corrected chi connectivity index (χ4v) is 2.33. The van der Waals surface area contributed by atoms with Crippen LogP contribution in [0.1, 0.15) is 40.0 Å². The summed E-state index contributed by atoms with van der Waals surface area (Å²) in [5.74, 6) is 0.492. The molecule has 16 heavy (non-hydrogen) atoms. The molecular formula is C13H26N2O. The highest BCUT2D eigenvalue weighted by molar-refractivity contribution is 5.78. The molecule has 1 fully saturated rings. The number of hydrogen-bond acceptors (Lipinski definition) is 2. The van der Waals surface area contributed by atoms with Gasteiger partial charge < -0.3 is 9.80 Å². The molecule has 0 N–H and O–H groups in total. The van der Waals surface area contributed by atoms with Crippen LogP contribution in [0.4, 0.5) is 0 Å². The monoisotopic (exact) mass is 226 g/mol. The van der Waals surface area contributed by atoms with E-state index in [0.717, 1.165) is 38.9 Å². The lowest BCUT2D eigenvalue weighted by Gasteiger charge is -2.37. The Hall–Kier alpha value is -0.570. The summed E-state index contributed by atoms with van der Waals surface area (Å²) in [5.41, 5.74) is 0. The summed E-state index contributed by atoms with van der Waals surface area (Å²) in [6.45, 7) is 9.72. The van der Waals surface area contributed by atoms with E-state index in [1.54, 1.807) is 0 Å². The van der Waals surface area contributed by atoms with Crippen LogP contribution < -0.4 is 0 Å². The van der Waals surface area contributed by atoms with Crippen molar-refractivity contribution >= 4 is 5.91 Å². The Kier molecular flexibility index (Phi) is 5.26. The molecule has 0 aliphatic carbocycles. The van der Waals surface area contributed by atoms with Crippen molar-refractivity contribution in [1.82, 2.24) is 9.80 Å². The molecule has 1 rings (SSSR count). The fraction of sp³-hybridized carbons (Fsp3) is 0.923. The molecule has 0 radical (unpaired) electrons. The molecule has 1 saturated heterocycles. The lowest BCUT2D eigenvalue weighted by Crippen LogP contribution is -2.46. The second-order valence-electron chi connectivity index (χ2n) is 4.92. The molecule has 1 amide bonds. The number of nitrogens with zero attached hydrogens (tertiary/aromatic N) is 2. The quantitative estimate of drug-likeness (QED) is 0.732. The van der Waals surface area contributed by atoms with E-state index in [2.05, 4.69) is 18.7 Å². The summed E-state index contributed by atoms with van der Waals surface area (Å²) in [6.07, 6.45) is 3.20. The van der Waals surface area contributed by atoms with Crippen LogP contribution in [0.5, 0.6) is 0 Å². The normalized spacial score (nSPS) is 20.8. The number of likely N-dealkylation sites (tertiary alicyclic amines) is 1. The highest BCUT2D eigenvalue weighted by Gasteiger charge is 2.26. The van der Waals surface area contributed by atoms with Crippen LogP contribution >= 0.6 is 0 Å². The number of carbonyl (C=O) groups is 1. The van der Waals surface area contributed by atoms with Gasteiger partial charge in [-0.2, -0.15) is 0 Å². The molecule has 0 aromatic rings. The maximum Gasteiger partial charge on any atom is 0.225 e. The van der Waals surface area contributed by atoms with Crippen molar-refractivity contribution < 1.29 is 4.79 Å². The standard InChI is InChI=1S/C13H26N2O/c1-5-11(3)13(16)14(4)12-7-9-15(6-2)10-8-12/h11-12H,5-10H2,1-4H3. The van der Waals surface area contributed by atoms with E-state index in [4.69, 9.17) is 0 Å². The van der Waals surface area contributed by atoms with Gasteiger partial charge in [0.05, 0.1) is 0 Å². The number of rotatable bonds is 4. The van der Waals surface area contributed by atoms with Crippen molar-refractivity contribution in [1.29, 1.82) is 0 Å². The first-order valence-corrected chi connectivity index (χ1v) is 6.59. The van der Waals surface area contributed by atoms with Crippen molar-refractivity contribution in [2.75, 3.05) is 26.7 Å². The number of hydrogen-bond donors (Lipinski definition) is 0. The van der Waals surface area contributed by atoms with Gasteiger partial charge in [0, 0.05) is 32.1 Å². The molecule has 94 valence electrons. The van der Waals surface area contributed by atoms with Gasteiger partial charge in [0.15, 0.2) is 0 Å². The average molecular weight is 226 g/mol. The zero-order valence-electron chi connectivity index (χ0n) is 11.2. The van der Waals surface area contributed by atoms with Gasteiger partial charge in [0.2, 0.25) is 5.91 Å². The third-order valence-corrected chi connectivity index (χ3v) is 3.93. The second-order valence-corrected chi connectivity index (χ2v) is 4.92. The van der Waals surface area contributed by atoms with Gasteiger partial charge in [0.25, 0.3) is 0 Å². The largest absolute Gasteiger partial charge is 0.342 e. The minimum absolute atomic E-state index is 0.175. The predicted octanol–water partition coefficient (Wildman–Crippen LogP) is 1.98. The third kappa shape index (κ3) is 3.21. The summed E-state index contributed by atoms with van der Waals surface area (Å²) in [6, 6.07) is 0.462. The molecule has 1 unspecified atom stereocenters. The summed E-state index contributed by atoms with van der Waals surface area (Å²) < 4.78 is 0. The highest BCUT2D eigenvalue weighted by Crippen LogP contribution is 2.17. The fourth-order valence-electron chi connectivity index (χ4n) is 2.33. The number of amides is 1. The topological polar surface area (TPSA) is 23.6 Å². The van der Waals surface area contributed by atoms with Gasteiger partial charge in [0.1, 0.15) is 0 Å². The highest BCUT2D eigenvalue weighted by atomic mass is 16.2. The van der Waals surface area contributed by atoms with Gasteiger partial charge in [-0.1, -0.05) is 20.8 Å². The summed E-state index contributed by atoms with van der Waals surface area (Å²) in [7, 11) is 1.97. The van der Waals surface area contributed by atoms with Crippen LogP contribution in [0.25, 0.3) is 0 Å². The lowest BCUT2D eigenvalue weighted by molar-refractivity contribution is -0.136. The Morgan fingerprint density at radius 3 is 2.38 bits per heavy atom. The molecule has 0 bridgehead atoms. The molecule has 0 aromatic heterocycles. The Morgan fingerprint density at radius 1 is 1.38 bits per heavy atom. The van der Waals surface area contributed by atoms with Gasteiger partial charge >= 0.3 is 0 Å². The Morgan fingerprint density at radius 2 is 1.94 bits per heavy atom. The van der Waals surface area contributed by atoms with Gasteiger partial charge in [-0.15, -0.1) is 0 Å². The smallest absolute Gasteiger partial charge is 0.225 e. The molecule has 1 aliphatic heterocycles. The van der Waals surface area contributed by atoms with Crippen molar-refractivity contribution in [2.24, 2.45) is 5.92 Å². The van der Waals surface area contributed by atoms with Gasteiger partial charge in [-0.25, -0.2) is 0 Å². The number of carbonyl (C=O) groups excluding carboxylic acids is 1. The second kappa shape index (κ2) is 6.24. The molecule has 0 spiro atoms. The van der Waals surface area contributed by atoms with E-state index in [0.29, 0.717) is 11.9 Å². The third-order valence-electron chi connectivity index (χ3n) is 3.93. The SMILES string of the molecule is CCC(C)C(=O)N(C)C1CCN(CC)CC1. The Labute approximate surface area is 99.8 Å². The van der Waals surface area contributed by atoms with Crippen LogP contribution in [-0.2, 0) is 4.79 Å². The maximum atomic E-state index is 12.0. The minimum Gasteiger partial charge on any atom is -0.342 e. The molecule has 1 heterocycles. The molecule has 3 heteroatoms. The van der Waals surface area contributed by atoms with E-state index in [1.807, 2.05) is 18.9 Å². The molecule has 0 aromatic carbocycles. The first-order chi connectivity index (χ1) is 7.60. The lowest BCUT2D eigenvalue weighted by atomic mass is 10.0. The van der Waals surface area contributed by atoms with E-state index in [1.165, 1.54) is 0 Å². The van der Waals surface area contributed by atoms with Crippen molar-refractivity contribution in [3.63, 3.8) is 0 Å². The van der Waals surface area contributed by atoms with Gasteiger partial charge in [-0.3, -0.25) is 4.79 Å². The van der Waals surface area contributed by atoms with Gasteiger partial charge in [-0.05, 0) is 25.8 Å². The van der Waals surface area contributed by atoms with E-state index in [-0.39, 0.29) is 5.92 Å². The van der Waals surface area contributed by atoms with Crippen LogP contribution in [-0.4, -0.2) is 48.4 Å². The van der Waals surface area contributed by atoms with Crippen molar-refractivity contribution in [3.05, 3.63) is 0 Å². The van der Waals surface area contributed by atoms with Crippen molar-refractivity contribution in [2.45, 2.75) is 46.1 Å². The number of piperidine rings is 1. The van der Waals surface area contributed by atoms with E-state index < -0.39 is 0 Å². The van der Waals surface area contributed by atoms with Crippen LogP contribution in [0, 0.1) is 5.92 Å². The molecular weight excluding hydrogens is 200 g/mol. The Balaban J connectivity index is 2.43. The van der Waals surface area contributed by atoms with E-state index >= 15 is 0 Å². The van der Waals surface area contributed by atoms with Crippen LogP contribution in [0.2, 0.25) is 0 Å². The first kappa shape index (κ1) is 13.5. The zero-order valence-corrected chi connectivity index (χ0v) is 11.2.